The van der Waals surface area contributed by atoms with Gasteiger partial charge in [0.15, 0.2) is 0 Å². The molecule has 4 N–H and O–H groups in total. The van der Waals surface area contributed by atoms with Crippen LogP contribution in [0.25, 0.3) is 0 Å². The lowest BCUT2D eigenvalue weighted by atomic mass is 10.6. The quantitative estimate of drug-likeness (QED) is 0.264. The van der Waals surface area contributed by atoms with Gasteiger partial charge in [0.2, 0.25) is 0 Å². The van der Waals surface area contributed by atoms with E-state index in [-0.39, 0.29) is 16.9 Å². The van der Waals surface area contributed by atoms with Crippen LogP contribution < -0.4 is 5.73 Å². The Labute approximate surface area is 84.4 Å². The molecule has 0 bridgehead atoms. The Kier molecular flexibility index (Phi) is 2.63. The van der Waals surface area contributed by atoms with E-state index < -0.39 is 0 Å². The minimum atomic E-state index is -0.257. The number of nitrogens with two attached hydrogens (primary N) is 1. The first-order valence-corrected chi connectivity index (χ1v) is 3.88. The topological polar surface area (TPSA) is 86.8 Å². The molecular formula is C5H6N4O2S2. The third-order valence-electron chi connectivity index (χ3n) is 1.17. The molecule has 1 aromatic heterocycles. The number of hydrogen-bond donors (Lipinski definition) is 3. The normalized spacial score (nSPS) is 11.5. The van der Waals surface area contributed by atoms with Gasteiger partial charge in [0.1, 0.15) is 0 Å². The average Bonchev–Trinajstić information content (AvgIpc) is 2.29. The molecular weight excluding hydrogens is 212 g/mol. The summed E-state index contributed by atoms with van der Waals surface area (Å²) in [6.45, 7) is 0. The molecule has 0 aliphatic rings. The van der Waals surface area contributed by atoms with Gasteiger partial charge in [0.25, 0.3) is 16.9 Å². The van der Waals surface area contributed by atoms with E-state index in [9.17, 15) is 0 Å². The molecule has 0 saturated carbocycles. The average molecular weight is 218 g/mol. The molecule has 0 saturated heterocycles. The summed E-state index contributed by atoms with van der Waals surface area (Å²) in [6, 6.07) is 2.51. The van der Waals surface area contributed by atoms with Gasteiger partial charge >= 0.3 is 0 Å². The molecule has 0 radical (unpaired) electrons. The van der Waals surface area contributed by atoms with E-state index in [2.05, 4.69) is 30.1 Å². The lowest BCUT2D eigenvalue weighted by Crippen LogP contribution is -2.15. The Bertz CT molecular complexity index is 353. The number of aromatic hydroxyl groups is 2. The maximum Gasteiger partial charge on any atom is 0.258 e. The van der Waals surface area contributed by atoms with Crippen LogP contribution in [0.4, 0.5) is 0 Å². The number of rotatable bonds is 1. The van der Waals surface area contributed by atoms with Crippen molar-refractivity contribution in [1.29, 1.82) is 0 Å². The zero-order valence-corrected chi connectivity index (χ0v) is 7.92. The van der Waals surface area contributed by atoms with Crippen LogP contribution in [0, 0.1) is 0 Å². The highest BCUT2D eigenvalue weighted by molar-refractivity contribution is 7.80. The second kappa shape index (κ2) is 3.54. The lowest BCUT2D eigenvalue weighted by Gasteiger charge is -2.02. The molecule has 0 unspecified atom stereocenters. The summed E-state index contributed by atoms with van der Waals surface area (Å²) in [5, 5.41) is 21.6. The molecule has 0 aliphatic heterocycles. The molecule has 8 heteroatoms. The number of nitrogens with zero attached hydrogens (tertiary/aromatic N) is 3. The number of hydrogen-bond acceptors (Lipinski definition) is 4. The van der Waals surface area contributed by atoms with Crippen molar-refractivity contribution in [3.05, 3.63) is 12.1 Å². The molecule has 6 nitrogen and oxygen atoms in total. The first-order chi connectivity index (χ1) is 6.02. The Morgan fingerprint density at radius 3 is 2.38 bits per heavy atom. The van der Waals surface area contributed by atoms with E-state index in [4.69, 9.17) is 15.9 Å². The van der Waals surface area contributed by atoms with Crippen LogP contribution in [0.3, 0.4) is 0 Å². The van der Waals surface area contributed by atoms with Gasteiger partial charge in [-0.15, -0.1) is 0 Å². The van der Waals surface area contributed by atoms with Crippen LogP contribution >= 0.6 is 12.2 Å². The molecule has 1 aromatic rings. The van der Waals surface area contributed by atoms with E-state index in [0.717, 1.165) is 4.68 Å². The predicted octanol–water partition coefficient (Wildman–Crippen LogP) is -0.167. The summed E-state index contributed by atoms with van der Waals surface area (Å²) in [4.78, 5) is 0. The first-order valence-electron chi connectivity index (χ1n) is 3.10. The molecule has 0 aliphatic carbocycles. The summed E-state index contributed by atoms with van der Waals surface area (Å²) in [5.41, 5.74) is 5.08. The monoisotopic (exact) mass is 218 g/mol. The minimum absolute atomic E-state index is 0.192. The van der Waals surface area contributed by atoms with Crippen LogP contribution in [0.15, 0.2) is 17.2 Å². The second-order valence-corrected chi connectivity index (χ2v) is 2.80. The van der Waals surface area contributed by atoms with Crippen molar-refractivity contribution in [3.8, 4) is 11.8 Å². The predicted molar refractivity (Wildman–Crippen MR) is 50.0 cm³/mol. The summed E-state index contributed by atoms with van der Waals surface area (Å²) in [6.07, 6.45) is 0. The van der Waals surface area contributed by atoms with Crippen LogP contribution in [0.1, 0.15) is 0 Å². The Morgan fingerprint density at radius 1 is 1.54 bits per heavy atom. The van der Waals surface area contributed by atoms with Crippen molar-refractivity contribution in [2.75, 3.05) is 0 Å². The van der Waals surface area contributed by atoms with Gasteiger partial charge in [-0.05, 0) is 16.9 Å². The molecule has 0 amide bonds. The third kappa shape index (κ3) is 2.04. The maximum atomic E-state index is 9.17. The van der Waals surface area contributed by atoms with Crippen LogP contribution in [0.2, 0.25) is 0 Å². The highest BCUT2D eigenvalue weighted by Gasteiger charge is 2.11. The van der Waals surface area contributed by atoms with Crippen molar-refractivity contribution < 1.29 is 14.4 Å². The Hall–Kier alpha value is -1.41. The lowest BCUT2D eigenvalue weighted by molar-refractivity contribution is -0.485. The minimum Gasteiger partial charge on any atom is -0.491 e. The molecule has 0 spiro atoms. The highest BCUT2D eigenvalue weighted by Crippen LogP contribution is 2.19. The van der Waals surface area contributed by atoms with Gasteiger partial charge in [-0.2, -0.15) is 0 Å². The first kappa shape index (κ1) is 9.68. The molecule has 0 aromatic carbocycles. The van der Waals surface area contributed by atoms with Gasteiger partial charge < -0.3 is 28.8 Å². The van der Waals surface area contributed by atoms with Crippen LogP contribution in [0.5, 0.6) is 11.8 Å². The number of aromatic nitrogens is 1. The van der Waals surface area contributed by atoms with Gasteiger partial charge in [-0.1, -0.05) is 4.21 Å². The van der Waals surface area contributed by atoms with E-state index in [1.165, 1.54) is 12.1 Å². The Morgan fingerprint density at radius 2 is 2.00 bits per heavy atom. The SMILES string of the molecule is NC(=S)N=[N+]([S-])n1c(O)ccc1O. The standard InChI is InChI=1S/C5H6N4O2S2/c6-5(12)7-9(13)8-3(10)1-2-4(8)11/h1-2,10-11H,(H2,6,12). The summed E-state index contributed by atoms with van der Waals surface area (Å²) in [5.74, 6) is -0.514. The second-order valence-electron chi connectivity index (χ2n) is 2.05. The van der Waals surface area contributed by atoms with Gasteiger partial charge in [-0.25, -0.2) is 0 Å². The van der Waals surface area contributed by atoms with Gasteiger partial charge in [0, 0.05) is 17.2 Å². The fourth-order valence-corrected chi connectivity index (χ4v) is 1.10. The molecule has 13 heavy (non-hydrogen) atoms. The van der Waals surface area contributed by atoms with Crippen LogP contribution in [-0.2, 0) is 12.8 Å². The zero-order chi connectivity index (χ0) is 10.0. The largest absolute Gasteiger partial charge is 0.491 e. The molecule has 1 rings (SSSR count). The van der Waals surface area contributed by atoms with Crippen molar-refractivity contribution >= 4 is 30.1 Å². The summed E-state index contributed by atoms with van der Waals surface area (Å²) in [7, 11) is 0. The number of thiocarbonyl (C=S) groups is 1. The fraction of sp³-hybridized carbons (Fsp3) is 0. The third-order valence-corrected chi connectivity index (χ3v) is 1.50. The van der Waals surface area contributed by atoms with Crippen molar-refractivity contribution in [2.45, 2.75) is 0 Å². The van der Waals surface area contributed by atoms with Crippen molar-refractivity contribution in [1.82, 2.24) is 4.68 Å². The molecule has 70 valence electrons. The van der Waals surface area contributed by atoms with Crippen molar-refractivity contribution in [2.24, 2.45) is 10.8 Å². The summed E-state index contributed by atoms with van der Waals surface area (Å²) < 4.78 is 1.57. The smallest absolute Gasteiger partial charge is 0.258 e. The van der Waals surface area contributed by atoms with Gasteiger partial charge in [0.05, 0.1) is 0 Å². The van der Waals surface area contributed by atoms with E-state index in [0.29, 0.717) is 4.21 Å². The van der Waals surface area contributed by atoms with Crippen molar-refractivity contribution in [3.63, 3.8) is 0 Å². The Balaban J connectivity index is 3.14. The van der Waals surface area contributed by atoms with E-state index in [1.54, 1.807) is 0 Å². The molecule has 1 heterocycles. The fourth-order valence-electron chi connectivity index (χ4n) is 0.712. The van der Waals surface area contributed by atoms with Gasteiger partial charge in [-0.3, -0.25) is 0 Å². The van der Waals surface area contributed by atoms with Crippen LogP contribution in [-0.4, -0.2) is 24.2 Å². The highest BCUT2D eigenvalue weighted by atomic mass is 32.1. The van der Waals surface area contributed by atoms with E-state index in [1.807, 2.05) is 0 Å². The maximum absolute atomic E-state index is 9.17. The van der Waals surface area contributed by atoms with E-state index >= 15 is 0 Å². The molecule has 0 atom stereocenters. The molecule has 0 fully saturated rings. The summed E-state index contributed by atoms with van der Waals surface area (Å²) >= 11 is 9.11. The zero-order valence-electron chi connectivity index (χ0n) is 6.28.